The molecule has 0 saturated heterocycles. The molecule has 0 N–H and O–H groups in total. The summed E-state index contributed by atoms with van der Waals surface area (Å²) in [5.41, 5.74) is 9.89. The van der Waals surface area contributed by atoms with Gasteiger partial charge in [-0.15, -0.1) is 0 Å². The maximum Gasteiger partial charge on any atom is 0.332 e. The summed E-state index contributed by atoms with van der Waals surface area (Å²) in [4.78, 5) is 51.4. The maximum absolute atomic E-state index is 14.9. The van der Waals surface area contributed by atoms with Crippen molar-refractivity contribution in [1.82, 2.24) is 0 Å². The molecule has 0 aliphatic rings. The van der Waals surface area contributed by atoms with Crippen molar-refractivity contribution in [3.63, 3.8) is 0 Å². The normalized spacial score (nSPS) is 10.9. The third-order valence-electron chi connectivity index (χ3n) is 10.5. The van der Waals surface area contributed by atoms with Gasteiger partial charge in [0, 0.05) is 51.6 Å². The molecule has 8 aromatic rings. The molecule has 7 heteroatoms. The van der Waals surface area contributed by atoms with Gasteiger partial charge in [-0.1, -0.05) is 102 Å². The monoisotopic (exact) mass is 785 g/mol. The van der Waals surface area contributed by atoms with Gasteiger partial charge in [-0.2, -0.15) is 0 Å². The average molecular weight is 786 g/mol. The number of carbonyl (C=O) groups excluding carboxylic acids is 3. The first-order chi connectivity index (χ1) is 29.1. The number of oxime groups is 1. The third kappa shape index (κ3) is 7.81. The highest BCUT2D eigenvalue weighted by molar-refractivity contribution is 6.73. The van der Waals surface area contributed by atoms with Crippen molar-refractivity contribution in [2.75, 3.05) is 9.80 Å². The Bertz CT molecular complexity index is 2720. The Morgan fingerprint density at radius 1 is 0.417 bits per heavy atom. The topological polar surface area (TPSA) is 79.3 Å². The number of rotatable bonds is 11. The predicted octanol–water partition coefficient (Wildman–Crippen LogP) is 13.2. The van der Waals surface area contributed by atoms with E-state index >= 15 is 0 Å². The lowest BCUT2D eigenvalue weighted by atomic mass is 9.91. The lowest BCUT2D eigenvalue weighted by molar-refractivity contribution is -0.140. The molecular formula is C53H43N3O4. The fourth-order valence-corrected chi connectivity index (χ4v) is 7.83. The fraction of sp³-hybridized carbons (Fsp3) is 0.0943. The van der Waals surface area contributed by atoms with Crippen LogP contribution in [0.5, 0.6) is 0 Å². The Balaban J connectivity index is 1.26. The van der Waals surface area contributed by atoms with Gasteiger partial charge in [-0.05, 0) is 134 Å². The minimum absolute atomic E-state index is 0.244. The summed E-state index contributed by atoms with van der Waals surface area (Å²) in [5.74, 6) is -2.10. The summed E-state index contributed by atoms with van der Waals surface area (Å²) >= 11 is 0. The first-order valence-corrected chi connectivity index (χ1v) is 19.8. The number of nitrogens with zero attached hydrogens (tertiary/aromatic N) is 3. The van der Waals surface area contributed by atoms with Crippen LogP contribution in [0, 0.1) is 27.7 Å². The van der Waals surface area contributed by atoms with E-state index in [0.717, 1.165) is 67.2 Å². The number of aryl methyl sites for hydroxylation is 4. The molecule has 0 amide bonds. The van der Waals surface area contributed by atoms with E-state index in [1.165, 1.54) is 6.92 Å². The smallest absolute Gasteiger partial charge is 0.318 e. The van der Waals surface area contributed by atoms with E-state index in [0.29, 0.717) is 10.8 Å². The lowest BCUT2D eigenvalue weighted by Crippen LogP contribution is -2.26. The molecule has 0 saturated carbocycles. The Morgan fingerprint density at radius 3 is 1.07 bits per heavy atom. The first kappa shape index (κ1) is 39.2. The number of ketones is 2. The van der Waals surface area contributed by atoms with Crippen LogP contribution in [-0.2, 0) is 9.63 Å². The first-order valence-electron chi connectivity index (χ1n) is 19.8. The highest BCUT2D eigenvalue weighted by Gasteiger charge is 2.30. The Kier molecular flexibility index (Phi) is 10.9. The van der Waals surface area contributed by atoms with Gasteiger partial charge in [-0.25, -0.2) is 4.79 Å². The lowest BCUT2D eigenvalue weighted by Gasteiger charge is -2.28. The second-order valence-corrected chi connectivity index (χ2v) is 15.1. The molecule has 0 aromatic heterocycles. The van der Waals surface area contributed by atoms with Crippen molar-refractivity contribution in [1.29, 1.82) is 0 Å². The van der Waals surface area contributed by atoms with Crippen molar-refractivity contribution in [2.45, 2.75) is 34.6 Å². The van der Waals surface area contributed by atoms with Crippen LogP contribution in [0.3, 0.4) is 0 Å². The number of hydrogen-bond acceptors (Lipinski definition) is 7. The van der Waals surface area contributed by atoms with Crippen LogP contribution in [-0.4, -0.2) is 23.2 Å². The van der Waals surface area contributed by atoms with Crippen molar-refractivity contribution in [3.05, 3.63) is 203 Å². The quantitative estimate of drug-likeness (QED) is 0.0427. The van der Waals surface area contributed by atoms with Crippen LogP contribution >= 0.6 is 0 Å². The van der Waals surface area contributed by atoms with Gasteiger partial charge in [0.2, 0.25) is 11.6 Å². The number of carbonyl (C=O) groups is 3. The highest BCUT2D eigenvalue weighted by atomic mass is 16.7. The molecule has 8 aromatic carbocycles. The summed E-state index contributed by atoms with van der Waals surface area (Å²) in [6.07, 6.45) is 0. The van der Waals surface area contributed by atoms with Crippen LogP contribution in [0.25, 0.3) is 21.5 Å². The van der Waals surface area contributed by atoms with Gasteiger partial charge in [0.15, 0.2) is 5.71 Å². The second kappa shape index (κ2) is 16.7. The van der Waals surface area contributed by atoms with Crippen molar-refractivity contribution >= 4 is 78.9 Å². The van der Waals surface area contributed by atoms with E-state index in [9.17, 15) is 14.4 Å². The predicted molar refractivity (Wildman–Crippen MR) is 244 cm³/mol. The van der Waals surface area contributed by atoms with Crippen LogP contribution in [0.15, 0.2) is 175 Å². The van der Waals surface area contributed by atoms with E-state index in [1.807, 2.05) is 84.9 Å². The van der Waals surface area contributed by atoms with Gasteiger partial charge >= 0.3 is 5.97 Å². The fourth-order valence-electron chi connectivity index (χ4n) is 7.83. The molecule has 0 unspecified atom stereocenters. The zero-order chi connectivity index (χ0) is 41.9. The summed E-state index contributed by atoms with van der Waals surface area (Å²) < 4.78 is 0. The Hall–Kier alpha value is -7.64. The zero-order valence-electron chi connectivity index (χ0n) is 34.1. The molecule has 0 radical (unpaired) electrons. The molecule has 0 aliphatic carbocycles. The van der Waals surface area contributed by atoms with Crippen molar-refractivity contribution in [3.8, 4) is 0 Å². The summed E-state index contributed by atoms with van der Waals surface area (Å²) in [7, 11) is 0. The van der Waals surface area contributed by atoms with Gasteiger partial charge in [0.1, 0.15) is 0 Å². The molecule has 0 spiro atoms. The number of fused-ring (bicyclic) bond motifs is 2. The molecule has 60 heavy (non-hydrogen) atoms. The number of hydrogen-bond donors (Lipinski definition) is 0. The van der Waals surface area contributed by atoms with Crippen molar-refractivity contribution < 1.29 is 19.2 Å². The van der Waals surface area contributed by atoms with E-state index in [1.54, 1.807) is 12.1 Å². The van der Waals surface area contributed by atoms with Gasteiger partial charge in [0.25, 0.3) is 0 Å². The van der Waals surface area contributed by atoms with E-state index in [-0.39, 0.29) is 11.1 Å². The minimum Gasteiger partial charge on any atom is -0.318 e. The highest BCUT2D eigenvalue weighted by Crippen LogP contribution is 2.42. The zero-order valence-corrected chi connectivity index (χ0v) is 34.1. The average Bonchev–Trinajstić information content (AvgIpc) is 3.24. The van der Waals surface area contributed by atoms with E-state index in [4.69, 9.17) is 4.84 Å². The Labute approximate surface area is 349 Å². The maximum atomic E-state index is 14.9. The molecule has 0 heterocycles. The van der Waals surface area contributed by atoms with Gasteiger partial charge < -0.3 is 14.6 Å². The van der Waals surface area contributed by atoms with Crippen LogP contribution in [0.2, 0.25) is 0 Å². The van der Waals surface area contributed by atoms with Crippen molar-refractivity contribution in [2.24, 2.45) is 5.16 Å². The molecule has 0 atom stereocenters. The summed E-state index contributed by atoms with van der Waals surface area (Å²) in [6, 6.07) is 55.5. The molecule has 294 valence electrons. The standard InChI is InChI=1S/C53H43N3O4/c1-34-14-10-18-39(30-34)55(40-19-11-15-35(2)31-40)49-28-26-47(43-22-6-8-24-45(43)49)52(58)51(54-60-38(5)57)53(59)48-27-29-50(46-25-9-7-23-44(46)48)56(41-20-12-16-36(3)32-41)42-21-13-17-37(4)33-42/h6-33H,1-5H3. The van der Waals surface area contributed by atoms with Crippen LogP contribution in [0.1, 0.15) is 49.9 Å². The largest absolute Gasteiger partial charge is 0.332 e. The molecule has 0 bridgehead atoms. The molecule has 0 aliphatic heterocycles. The molecular weight excluding hydrogens is 743 g/mol. The SMILES string of the molecule is CC(=O)ON=C(C(=O)c1ccc(N(c2cccc(C)c2)c2cccc(C)c2)c2ccccc12)C(=O)c1ccc(N(c2cccc(C)c2)c2cccc(C)c2)c2ccccc12. The van der Waals surface area contributed by atoms with Gasteiger partial charge in [0.05, 0.1) is 11.4 Å². The molecule has 8 rings (SSSR count). The number of Topliss-reactive ketones (excluding diaryl/α,β-unsaturated/α-hetero) is 2. The van der Waals surface area contributed by atoms with E-state index < -0.39 is 23.2 Å². The Morgan fingerprint density at radius 2 is 0.750 bits per heavy atom. The third-order valence-corrected chi connectivity index (χ3v) is 10.5. The van der Waals surface area contributed by atoms with Crippen LogP contribution in [0.4, 0.5) is 34.1 Å². The van der Waals surface area contributed by atoms with Crippen LogP contribution < -0.4 is 9.80 Å². The number of benzene rings is 8. The van der Waals surface area contributed by atoms with E-state index in [2.05, 4.69) is 115 Å². The van der Waals surface area contributed by atoms with Gasteiger partial charge in [-0.3, -0.25) is 9.59 Å². The summed E-state index contributed by atoms with van der Waals surface area (Å²) in [5, 5.41) is 6.77. The number of anilines is 6. The second-order valence-electron chi connectivity index (χ2n) is 15.1. The summed E-state index contributed by atoms with van der Waals surface area (Å²) in [6.45, 7) is 9.40. The molecule has 0 fully saturated rings. The minimum atomic E-state index is -0.757. The molecule has 7 nitrogen and oxygen atoms in total.